The summed E-state index contributed by atoms with van der Waals surface area (Å²) < 4.78 is 0. The first-order chi connectivity index (χ1) is 9.16. The van der Waals surface area contributed by atoms with Gasteiger partial charge < -0.3 is 10.8 Å². The van der Waals surface area contributed by atoms with Crippen molar-refractivity contribution in [3.63, 3.8) is 0 Å². The molecule has 2 aromatic rings. The SMILES string of the molecule is NC(=O)c1ccccc1.OC1Cc2ccccc2C1. The number of amides is 1. The highest BCUT2D eigenvalue weighted by Crippen LogP contribution is 2.20. The Hall–Kier alpha value is -2.13. The van der Waals surface area contributed by atoms with E-state index in [0.717, 1.165) is 12.8 Å². The van der Waals surface area contributed by atoms with Crippen LogP contribution in [0, 0.1) is 0 Å². The van der Waals surface area contributed by atoms with E-state index in [1.54, 1.807) is 24.3 Å². The number of aliphatic hydroxyl groups excluding tert-OH is 1. The summed E-state index contributed by atoms with van der Waals surface area (Å²) in [4.78, 5) is 10.4. The monoisotopic (exact) mass is 255 g/mol. The fourth-order valence-electron chi connectivity index (χ4n) is 2.14. The van der Waals surface area contributed by atoms with Crippen LogP contribution < -0.4 is 5.73 Å². The summed E-state index contributed by atoms with van der Waals surface area (Å²) in [6.45, 7) is 0. The Morgan fingerprint density at radius 2 is 1.42 bits per heavy atom. The molecule has 0 aromatic heterocycles. The van der Waals surface area contributed by atoms with Gasteiger partial charge in [-0.2, -0.15) is 0 Å². The van der Waals surface area contributed by atoms with Gasteiger partial charge in [0.15, 0.2) is 0 Å². The fraction of sp³-hybridized carbons (Fsp3) is 0.188. The maximum atomic E-state index is 10.4. The van der Waals surface area contributed by atoms with Crippen LogP contribution in [0.4, 0.5) is 0 Å². The quantitative estimate of drug-likeness (QED) is 0.818. The minimum Gasteiger partial charge on any atom is -0.392 e. The smallest absolute Gasteiger partial charge is 0.248 e. The van der Waals surface area contributed by atoms with E-state index in [-0.39, 0.29) is 12.0 Å². The van der Waals surface area contributed by atoms with E-state index in [2.05, 4.69) is 12.1 Å². The van der Waals surface area contributed by atoms with Crippen LogP contribution in [0.1, 0.15) is 21.5 Å². The number of rotatable bonds is 1. The second-order valence-corrected chi connectivity index (χ2v) is 4.56. The van der Waals surface area contributed by atoms with Gasteiger partial charge >= 0.3 is 0 Å². The van der Waals surface area contributed by atoms with E-state index in [9.17, 15) is 9.90 Å². The van der Waals surface area contributed by atoms with Crippen molar-refractivity contribution in [2.45, 2.75) is 18.9 Å². The molecule has 0 saturated heterocycles. The number of hydrogen-bond donors (Lipinski definition) is 2. The Morgan fingerprint density at radius 1 is 0.947 bits per heavy atom. The normalized spacial score (nSPS) is 13.3. The molecule has 1 aliphatic rings. The van der Waals surface area contributed by atoms with Crippen LogP contribution in [0.25, 0.3) is 0 Å². The van der Waals surface area contributed by atoms with Gasteiger partial charge in [-0.15, -0.1) is 0 Å². The minimum absolute atomic E-state index is 0.127. The zero-order valence-corrected chi connectivity index (χ0v) is 10.6. The fourth-order valence-corrected chi connectivity index (χ4v) is 2.14. The molecule has 1 amide bonds. The highest BCUT2D eigenvalue weighted by atomic mass is 16.3. The Morgan fingerprint density at radius 3 is 1.84 bits per heavy atom. The lowest BCUT2D eigenvalue weighted by Crippen LogP contribution is -2.09. The third-order valence-corrected chi connectivity index (χ3v) is 3.09. The molecule has 0 radical (unpaired) electrons. The molecule has 98 valence electrons. The number of hydrogen-bond acceptors (Lipinski definition) is 2. The molecule has 3 heteroatoms. The summed E-state index contributed by atoms with van der Waals surface area (Å²) in [7, 11) is 0. The molecule has 19 heavy (non-hydrogen) atoms. The lowest BCUT2D eigenvalue weighted by atomic mass is 10.1. The molecule has 2 aromatic carbocycles. The minimum atomic E-state index is -0.379. The lowest BCUT2D eigenvalue weighted by Gasteiger charge is -1.93. The van der Waals surface area contributed by atoms with Crippen LogP contribution in [-0.2, 0) is 12.8 Å². The summed E-state index contributed by atoms with van der Waals surface area (Å²) in [6, 6.07) is 17.0. The van der Waals surface area contributed by atoms with Crippen LogP contribution in [-0.4, -0.2) is 17.1 Å². The second-order valence-electron chi connectivity index (χ2n) is 4.56. The highest BCUT2D eigenvalue weighted by Gasteiger charge is 2.17. The standard InChI is InChI=1S/C9H10O.C7H7NO/c10-9-5-7-3-1-2-4-8(7)6-9;8-7(9)6-4-2-1-3-5-6/h1-4,9-10H,5-6H2;1-5H,(H2,8,9). The van der Waals surface area contributed by atoms with Crippen molar-refractivity contribution in [3.05, 3.63) is 71.3 Å². The first kappa shape index (κ1) is 13.3. The summed E-state index contributed by atoms with van der Waals surface area (Å²) in [6.07, 6.45) is 1.56. The van der Waals surface area contributed by atoms with Crippen LogP contribution in [0.15, 0.2) is 54.6 Å². The van der Waals surface area contributed by atoms with Crippen LogP contribution in [0.3, 0.4) is 0 Å². The molecule has 0 fully saturated rings. The molecule has 3 N–H and O–H groups in total. The van der Waals surface area contributed by atoms with Gasteiger partial charge in [0.25, 0.3) is 0 Å². The largest absolute Gasteiger partial charge is 0.392 e. The Balaban J connectivity index is 0.000000141. The second kappa shape index (κ2) is 6.16. The van der Waals surface area contributed by atoms with Gasteiger partial charge in [0.2, 0.25) is 5.91 Å². The number of fused-ring (bicyclic) bond motifs is 1. The van der Waals surface area contributed by atoms with Crippen molar-refractivity contribution >= 4 is 5.91 Å². The number of benzene rings is 2. The summed E-state index contributed by atoms with van der Waals surface area (Å²) in [5, 5.41) is 9.25. The van der Waals surface area contributed by atoms with E-state index >= 15 is 0 Å². The zero-order valence-electron chi connectivity index (χ0n) is 10.6. The first-order valence-electron chi connectivity index (χ1n) is 6.26. The third kappa shape index (κ3) is 3.66. The van der Waals surface area contributed by atoms with Crippen molar-refractivity contribution in [3.8, 4) is 0 Å². The Labute approximate surface area is 112 Å². The maximum Gasteiger partial charge on any atom is 0.248 e. The van der Waals surface area contributed by atoms with Crippen molar-refractivity contribution < 1.29 is 9.90 Å². The summed E-state index contributed by atoms with van der Waals surface area (Å²) >= 11 is 0. The molecule has 3 rings (SSSR count). The molecule has 0 spiro atoms. The van der Waals surface area contributed by atoms with Gasteiger partial charge in [-0.25, -0.2) is 0 Å². The maximum absolute atomic E-state index is 10.4. The third-order valence-electron chi connectivity index (χ3n) is 3.09. The van der Waals surface area contributed by atoms with Gasteiger partial charge in [0, 0.05) is 5.56 Å². The number of primary amides is 1. The average Bonchev–Trinajstić information content (AvgIpc) is 2.80. The van der Waals surface area contributed by atoms with Gasteiger partial charge in [0.1, 0.15) is 0 Å². The zero-order chi connectivity index (χ0) is 13.7. The molecular weight excluding hydrogens is 238 g/mol. The molecule has 0 unspecified atom stereocenters. The van der Waals surface area contributed by atoms with Crippen molar-refractivity contribution in [2.75, 3.05) is 0 Å². The molecule has 1 aliphatic carbocycles. The van der Waals surface area contributed by atoms with Crippen LogP contribution in [0.5, 0.6) is 0 Å². The molecular formula is C16H17NO2. The number of aliphatic hydroxyl groups is 1. The number of carbonyl (C=O) groups excluding carboxylic acids is 1. The van der Waals surface area contributed by atoms with Crippen molar-refractivity contribution in [2.24, 2.45) is 5.73 Å². The topological polar surface area (TPSA) is 63.3 Å². The highest BCUT2D eigenvalue weighted by molar-refractivity contribution is 5.92. The van der Waals surface area contributed by atoms with Gasteiger partial charge in [-0.3, -0.25) is 4.79 Å². The van der Waals surface area contributed by atoms with E-state index in [1.165, 1.54) is 11.1 Å². The molecule has 0 atom stereocenters. The molecule has 3 nitrogen and oxygen atoms in total. The van der Waals surface area contributed by atoms with E-state index in [0.29, 0.717) is 5.56 Å². The molecule has 0 aliphatic heterocycles. The van der Waals surface area contributed by atoms with Gasteiger partial charge in [-0.05, 0) is 36.1 Å². The Bertz CT molecular complexity index is 527. The van der Waals surface area contributed by atoms with E-state index in [1.807, 2.05) is 18.2 Å². The molecule has 0 heterocycles. The van der Waals surface area contributed by atoms with Gasteiger partial charge in [-0.1, -0.05) is 42.5 Å². The van der Waals surface area contributed by atoms with E-state index < -0.39 is 0 Å². The van der Waals surface area contributed by atoms with Crippen LogP contribution >= 0.6 is 0 Å². The summed E-state index contributed by atoms with van der Waals surface area (Å²) in [5.74, 6) is -0.379. The molecule has 0 bridgehead atoms. The van der Waals surface area contributed by atoms with E-state index in [4.69, 9.17) is 5.73 Å². The summed E-state index contributed by atoms with van der Waals surface area (Å²) in [5.41, 5.74) is 8.16. The average molecular weight is 255 g/mol. The first-order valence-corrected chi connectivity index (χ1v) is 6.26. The predicted molar refractivity (Wildman–Crippen MR) is 74.8 cm³/mol. The molecule has 0 saturated carbocycles. The van der Waals surface area contributed by atoms with Crippen LogP contribution in [0.2, 0.25) is 0 Å². The van der Waals surface area contributed by atoms with Crippen molar-refractivity contribution in [1.29, 1.82) is 0 Å². The Kier molecular flexibility index (Phi) is 4.31. The predicted octanol–water partition coefficient (Wildman–Crippen LogP) is 1.93. The van der Waals surface area contributed by atoms with Crippen molar-refractivity contribution in [1.82, 2.24) is 0 Å². The van der Waals surface area contributed by atoms with Gasteiger partial charge in [0.05, 0.1) is 6.10 Å². The lowest BCUT2D eigenvalue weighted by molar-refractivity contribution is 0.100. The number of nitrogens with two attached hydrogens (primary N) is 1. The number of carbonyl (C=O) groups is 1.